The van der Waals surface area contributed by atoms with Crippen molar-refractivity contribution in [2.24, 2.45) is 5.73 Å². The van der Waals surface area contributed by atoms with Gasteiger partial charge in [-0.1, -0.05) is 17.7 Å². The maximum absolute atomic E-state index is 13.0. The number of benzene rings is 2. The molecule has 2 aromatic rings. The molecule has 156 valence electrons. The van der Waals surface area contributed by atoms with Crippen LogP contribution in [0.15, 0.2) is 30.3 Å². The fourth-order valence-corrected chi connectivity index (χ4v) is 2.87. The van der Waals surface area contributed by atoms with Gasteiger partial charge in [0.05, 0.1) is 21.3 Å². The zero-order chi connectivity index (χ0) is 21.6. The summed E-state index contributed by atoms with van der Waals surface area (Å²) in [5.74, 6) is 0.549. The molecule has 0 radical (unpaired) electrons. The van der Waals surface area contributed by atoms with Crippen molar-refractivity contribution in [2.45, 2.75) is 13.5 Å². The van der Waals surface area contributed by atoms with E-state index in [-0.39, 0.29) is 29.8 Å². The van der Waals surface area contributed by atoms with Crippen molar-refractivity contribution in [3.05, 3.63) is 47.0 Å². The summed E-state index contributed by atoms with van der Waals surface area (Å²) in [5, 5.41) is 0. The lowest BCUT2D eigenvalue weighted by atomic mass is 10.1. The number of aryl methyl sites for hydroxylation is 1. The molecule has 0 heterocycles. The second kappa shape index (κ2) is 9.68. The monoisotopic (exact) mass is 402 g/mol. The smallest absolute Gasteiger partial charge is 0.255 e. The molecule has 2 N–H and O–H groups in total. The molecule has 0 saturated heterocycles. The molecule has 0 bridgehead atoms. The number of amides is 2. The van der Waals surface area contributed by atoms with E-state index >= 15 is 0 Å². The van der Waals surface area contributed by atoms with Crippen molar-refractivity contribution < 1.29 is 28.5 Å². The molecule has 0 aliphatic rings. The summed E-state index contributed by atoms with van der Waals surface area (Å²) in [5.41, 5.74) is 7.44. The first-order valence-electron chi connectivity index (χ1n) is 8.86. The van der Waals surface area contributed by atoms with Crippen LogP contribution in [0.2, 0.25) is 0 Å². The minimum atomic E-state index is -0.638. The second-order valence-corrected chi connectivity index (χ2v) is 6.44. The van der Waals surface area contributed by atoms with Crippen LogP contribution in [0.25, 0.3) is 0 Å². The summed E-state index contributed by atoms with van der Waals surface area (Å²) in [6.45, 7) is 1.99. The van der Waals surface area contributed by atoms with Crippen LogP contribution in [0.5, 0.6) is 23.0 Å². The van der Waals surface area contributed by atoms with Crippen LogP contribution in [0.3, 0.4) is 0 Å². The molecule has 0 atom stereocenters. The second-order valence-electron chi connectivity index (χ2n) is 6.44. The number of nitrogens with two attached hydrogens (primary N) is 1. The Kier molecular flexibility index (Phi) is 7.30. The molecule has 8 nitrogen and oxygen atoms in total. The highest BCUT2D eigenvalue weighted by atomic mass is 16.5. The van der Waals surface area contributed by atoms with Crippen LogP contribution in [0.1, 0.15) is 21.5 Å². The Morgan fingerprint density at radius 1 is 0.966 bits per heavy atom. The van der Waals surface area contributed by atoms with E-state index in [1.807, 2.05) is 25.1 Å². The standard InChI is InChI=1S/C21H26N2O6/c1-13-6-7-16(26-3)15(8-13)11-23(2)21(25)14-9-17(27-4)20(18(10-14)28-5)29-12-19(22)24/h6-10H,11-12H2,1-5H3,(H2,22,24). The first-order chi connectivity index (χ1) is 13.8. The molecule has 2 rings (SSSR count). The molecule has 0 aromatic heterocycles. The van der Waals surface area contributed by atoms with Crippen molar-refractivity contribution >= 4 is 11.8 Å². The maximum Gasteiger partial charge on any atom is 0.255 e. The van der Waals surface area contributed by atoms with Gasteiger partial charge in [-0.2, -0.15) is 0 Å². The van der Waals surface area contributed by atoms with E-state index in [1.165, 1.54) is 26.4 Å². The number of ether oxygens (including phenoxy) is 4. The zero-order valence-corrected chi connectivity index (χ0v) is 17.3. The Morgan fingerprint density at radius 3 is 2.07 bits per heavy atom. The Balaban J connectivity index is 2.32. The molecule has 2 aromatic carbocycles. The number of carbonyl (C=O) groups is 2. The minimum absolute atomic E-state index is 0.202. The first-order valence-corrected chi connectivity index (χ1v) is 8.86. The summed E-state index contributed by atoms with van der Waals surface area (Å²) in [6, 6.07) is 8.87. The van der Waals surface area contributed by atoms with E-state index in [0.29, 0.717) is 17.9 Å². The average molecular weight is 402 g/mol. The van der Waals surface area contributed by atoms with Gasteiger partial charge in [-0.25, -0.2) is 0 Å². The third-order valence-corrected chi connectivity index (χ3v) is 4.26. The Labute approximate surface area is 170 Å². The van der Waals surface area contributed by atoms with Crippen molar-refractivity contribution in [3.63, 3.8) is 0 Å². The van der Waals surface area contributed by atoms with Gasteiger partial charge in [0, 0.05) is 24.7 Å². The van der Waals surface area contributed by atoms with Crippen LogP contribution in [-0.4, -0.2) is 51.7 Å². The van der Waals surface area contributed by atoms with E-state index in [4.69, 9.17) is 24.7 Å². The third-order valence-electron chi connectivity index (χ3n) is 4.26. The predicted molar refractivity (Wildman–Crippen MR) is 108 cm³/mol. The number of nitrogens with zero attached hydrogens (tertiary/aromatic N) is 1. The van der Waals surface area contributed by atoms with E-state index in [2.05, 4.69) is 0 Å². The predicted octanol–water partition coefficient (Wildman–Crippen LogP) is 2.16. The van der Waals surface area contributed by atoms with Crippen LogP contribution in [-0.2, 0) is 11.3 Å². The summed E-state index contributed by atoms with van der Waals surface area (Å²) in [6.07, 6.45) is 0. The Bertz CT molecular complexity index is 872. The highest BCUT2D eigenvalue weighted by molar-refractivity contribution is 5.95. The third kappa shape index (κ3) is 5.31. The quantitative estimate of drug-likeness (QED) is 0.690. The molecule has 29 heavy (non-hydrogen) atoms. The van der Waals surface area contributed by atoms with Crippen molar-refractivity contribution in [1.29, 1.82) is 0 Å². The lowest BCUT2D eigenvalue weighted by Crippen LogP contribution is -2.26. The van der Waals surface area contributed by atoms with Gasteiger partial charge >= 0.3 is 0 Å². The van der Waals surface area contributed by atoms with E-state index in [9.17, 15) is 9.59 Å². The van der Waals surface area contributed by atoms with Crippen molar-refractivity contribution in [3.8, 4) is 23.0 Å². The van der Waals surface area contributed by atoms with Gasteiger partial charge in [0.2, 0.25) is 5.75 Å². The molecule has 0 aliphatic carbocycles. The maximum atomic E-state index is 13.0. The van der Waals surface area contributed by atoms with E-state index in [0.717, 1.165) is 11.1 Å². The number of carbonyl (C=O) groups excluding carboxylic acids is 2. The number of hydrogen-bond acceptors (Lipinski definition) is 6. The normalized spacial score (nSPS) is 10.2. The molecule has 0 saturated carbocycles. The lowest BCUT2D eigenvalue weighted by Gasteiger charge is -2.21. The lowest BCUT2D eigenvalue weighted by molar-refractivity contribution is -0.120. The summed E-state index contributed by atoms with van der Waals surface area (Å²) in [7, 11) is 6.15. The topological polar surface area (TPSA) is 100 Å². The van der Waals surface area contributed by atoms with Gasteiger partial charge in [0.1, 0.15) is 5.75 Å². The number of hydrogen-bond donors (Lipinski definition) is 1. The molecule has 0 fully saturated rings. The molecule has 2 amide bonds. The summed E-state index contributed by atoms with van der Waals surface area (Å²) >= 11 is 0. The highest BCUT2D eigenvalue weighted by Gasteiger charge is 2.21. The Morgan fingerprint density at radius 2 is 1.55 bits per heavy atom. The molecule has 0 unspecified atom stereocenters. The van der Waals surface area contributed by atoms with Gasteiger partial charge in [-0.05, 0) is 25.1 Å². The molecule has 0 aliphatic heterocycles. The minimum Gasteiger partial charge on any atom is -0.496 e. The summed E-state index contributed by atoms with van der Waals surface area (Å²) in [4.78, 5) is 25.6. The molecular formula is C21H26N2O6. The van der Waals surface area contributed by atoms with Crippen molar-refractivity contribution in [2.75, 3.05) is 35.0 Å². The van der Waals surface area contributed by atoms with Crippen LogP contribution >= 0.6 is 0 Å². The number of primary amides is 1. The van der Waals surface area contributed by atoms with Gasteiger partial charge < -0.3 is 29.6 Å². The van der Waals surface area contributed by atoms with E-state index < -0.39 is 5.91 Å². The van der Waals surface area contributed by atoms with E-state index in [1.54, 1.807) is 19.1 Å². The SMILES string of the molecule is COc1ccc(C)cc1CN(C)C(=O)c1cc(OC)c(OCC(N)=O)c(OC)c1. The molecule has 0 spiro atoms. The van der Waals surface area contributed by atoms with Crippen LogP contribution in [0.4, 0.5) is 0 Å². The Hall–Kier alpha value is -3.42. The zero-order valence-electron chi connectivity index (χ0n) is 17.3. The number of rotatable bonds is 9. The largest absolute Gasteiger partial charge is 0.496 e. The first kappa shape index (κ1) is 21.9. The van der Waals surface area contributed by atoms with Crippen LogP contribution < -0.4 is 24.7 Å². The molecular weight excluding hydrogens is 376 g/mol. The molecule has 8 heteroatoms. The fourth-order valence-electron chi connectivity index (χ4n) is 2.87. The van der Waals surface area contributed by atoms with Gasteiger partial charge in [-0.15, -0.1) is 0 Å². The number of methoxy groups -OCH3 is 3. The highest BCUT2D eigenvalue weighted by Crippen LogP contribution is 2.39. The van der Waals surface area contributed by atoms with Gasteiger partial charge in [-0.3, -0.25) is 9.59 Å². The average Bonchev–Trinajstić information content (AvgIpc) is 2.70. The van der Waals surface area contributed by atoms with Crippen molar-refractivity contribution in [1.82, 2.24) is 4.90 Å². The van der Waals surface area contributed by atoms with Crippen LogP contribution in [0, 0.1) is 6.92 Å². The van der Waals surface area contributed by atoms with Gasteiger partial charge in [0.15, 0.2) is 18.1 Å². The van der Waals surface area contributed by atoms with Gasteiger partial charge in [0.25, 0.3) is 11.8 Å². The fraction of sp³-hybridized carbons (Fsp3) is 0.333. The summed E-state index contributed by atoms with van der Waals surface area (Å²) < 4.78 is 21.4.